The van der Waals surface area contributed by atoms with Crippen LogP contribution in [-0.2, 0) is 4.79 Å². The molecule has 2 N–H and O–H groups in total. The number of nitrogens with one attached hydrogen (secondary N) is 2. The smallest absolute Gasteiger partial charge is 0.235 e. The Morgan fingerprint density at radius 3 is 2.95 bits per heavy atom. The summed E-state index contributed by atoms with van der Waals surface area (Å²) in [6.07, 6.45) is 1.54. The van der Waals surface area contributed by atoms with Crippen LogP contribution >= 0.6 is 11.8 Å². The fraction of sp³-hybridized carbons (Fsp3) is 0.167. The van der Waals surface area contributed by atoms with Crippen molar-refractivity contribution in [2.24, 2.45) is 0 Å². The van der Waals surface area contributed by atoms with Crippen molar-refractivity contribution in [1.82, 2.24) is 10.2 Å². The average molecular weight is 281 g/mol. The molecule has 3 rings (SSSR count). The Hall–Kier alpha value is -1.89. The van der Waals surface area contributed by atoms with Gasteiger partial charge >= 0.3 is 0 Å². The third-order valence-electron chi connectivity index (χ3n) is 2.84. The fourth-order valence-electron chi connectivity index (χ4n) is 1.99. The average Bonchev–Trinajstić information content (AvgIpc) is 2.74. The Morgan fingerprint density at radius 2 is 2.16 bits per heavy atom. The molecule has 0 bridgehead atoms. The number of anilines is 1. The van der Waals surface area contributed by atoms with Crippen molar-refractivity contribution in [2.45, 2.75) is 5.25 Å². The number of rotatable bonds is 1. The number of carbonyl (C=O) groups is 1. The van der Waals surface area contributed by atoms with Gasteiger partial charge in [-0.1, -0.05) is 6.07 Å². The molecule has 2 heterocycles. The monoisotopic (exact) mass is 281 g/mol. The van der Waals surface area contributed by atoms with Crippen molar-refractivity contribution < 1.29 is 13.6 Å². The Kier molecular flexibility index (Phi) is 2.98. The lowest BCUT2D eigenvalue weighted by molar-refractivity contribution is -0.113. The van der Waals surface area contributed by atoms with Crippen LogP contribution in [0.15, 0.2) is 24.4 Å². The molecule has 1 aliphatic heterocycles. The van der Waals surface area contributed by atoms with Gasteiger partial charge in [0.2, 0.25) is 5.91 Å². The molecule has 4 nitrogen and oxygen atoms in total. The van der Waals surface area contributed by atoms with E-state index in [4.69, 9.17) is 0 Å². The zero-order valence-corrected chi connectivity index (χ0v) is 10.4. The molecule has 0 saturated carbocycles. The number of amides is 1. The number of carbonyl (C=O) groups excluding carboxylic acids is 1. The van der Waals surface area contributed by atoms with Gasteiger partial charge in [0.05, 0.1) is 17.2 Å². The zero-order valence-electron chi connectivity index (χ0n) is 9.61. The SMILES string of the molecule is O=C1CS[C@H](c2ccc(F)cc2F)c2cn[nH]c2N1. The topological polar surface area (TPSA) is 57.8 Å². The van der Waals surface area contributed by atoms with Crippen LogP contribution in [-0.4, -0.2) is 21.9 Å². The second kappa shape index (κ2) is 4.65. The number of aromatic amines is 1. The quantitative estimate of drug-likeness (QED) is 0.844. The van der Waals surface area contributed by atoms with Crippen molar-refractivity contribution in [3.63, 3.8) is 0 Å². The minimum atomic E-state index is -0.626. The van der Waals surface area contributed by atoms with E-state index in [2.05, 4.69) is 15.5 Å². The molecule has 0 unspecified atom stereocenters. The van der Waals surface area contributed by atoms with Crippen LogP contribution in [0.1, 0.15) is 16.4 Å². The molecule has 0 radical (unpaired) electrons. The molecule has 0 aliphatic carbocycles. The molecule has 0 saturated heterocycles. The van der Waals surface area contributed by atoms with Gasteiger partial charge in [-0.2, -0.15) is 5.10 Å². The summed E-state index contributed by atoms with van der Waals surface area (Å²) < 4.78 is 26.8. The first-order valence-corrected chi connectivity index (χ1v) is 6.59. The van der Waals surface area contributed by atoms with Crippen molar-refractivity contribution >= 4 is 23.5 Å². The van der Waals surface area contributed by atoms with E-state index in [1.165, 1.54) is 23.9 Å². The highest BCUT2D eigenvalue weighted by Crippen LogP contribution is 2.41. The lowest BCUT2D eigenvalue weighted by Gasteiger charge is -2.14. The van der Waals surface area contributed by atoms with Gasteiger partial charge in [0.1, 0.15) is 17.5 Å². The summed E-state index contributed by atoms with van der Waals surface area (Å²) >= 11 is 1.28. The maximum Gasteiger partial charge on any atom is 0.235 e. The predicted octanol–water partition coefficient (Wildman–Crippen LogP) is 2.46. The number of aromatic nitrogens is 2. The highest BCUT2D eigenvalue weighted by atomic mass is 32.2. The number of hydrogen-bond acceptors (Lipinski definition) is 3. The van der Waals surface area contributed by atoms with Crippen LogP contribution in [0.5, 0.6) is 0 Å². The van der Waals surface area contributed by atoms with Crippen LogP contribution in [0, 0.1) is 11.6 Å². The summed E-state index contributed by atoms with van der Waals surface area (Å²) in [7, 11) is 0. The van der Waals surface area contributed by atoms with E-state index in [-0.39, 0.29) is 11.7 Å². The minimum Gasteiger partial charge on any atom is -0.310 e. The number of fused-ring (bicyclic) bond motifs is 1. The molecule has 0 fully saturated rings. The maximum atomic E-state index is 13.9. The van der Waals surface area contributed by atoms with E-state index in [9.17, 15) is 13.6 Å². The molecular weight excluding hydrogens is 272 g/mol. The maximum absolute atomic E-state index is 13.9. The number of hydrogen-bond donors (Lipinski definition) is 2. The van der Waals surface area contributed by atoms with E-state index in [1.807, 2.05) is 0 Å². The van der Waals surface area contributed by atoms with Gasteiger partial charge in [-0.15, -0.1) is 11.8 Å². The number of H-pyrrole nitrogens is 1. The summed E-state index contributed by atoms with van der Waals surface area (Å²) in [5.74, 6) is -0.769. The van der Waals surface area contributed by atoms with Crippen molar-refractivity contribution in [2.75, 3.05) is 11.1 Å². The van der Waals surface area contributed by atoms with Gasteiger partial charge in [0, 0.05) is 17.2 Å². The molecule has 1 aromatic carbocycles. The Bertz CT molecular complexity index is 644. The summed E-state index contributed by atoms with van der Waals surface area (Å²) in [5, 5.41) is 8.78. The third-order valence-corrected chi connectivity index (χ3v) is 4.11. The number of halogens is 2. The van der Waals surface area contributed by atoms with Crippen LogP contribution in [0.4, 0.5) is 14.6 Å². The molecule has 1 aliphatic rings. The lowest BCUT2D eigenvalue weighted by Crippen LogP contribution is -2.12. The molecule has 1 amide bonds. The molecule has 7 heteroatoms. The minimum absolute atomic E-state index is 0.180. The van der Waals surface area contributed by atoms with Gasteiger partial charge in [-0.25, -0.2) is 8.78 Å². The number of nitrogens with zero attached hydrogens (tertiary/aromatic N) is 1. The molecule has 19 heavy (non-hydrogen) atoms. The summed E-state index contributed by atoms with van der Waals surface area (Å²) in [6, 6.07) is 3.45. The highest BCUT2D eigenvalue weighted by Gasteiger charge is 2.27. The first-order valence-electron chi connectivity index (χ1n) is 5.55. The second-order valence-electron chi connectivity index (χ2n) is 4.11. The van der Waals surface area contributed by atoms with Gasteiger partial charge in [0.25, 0.3) is 0 Å². The predicted molar refractivity (Wildman–Crippen MR) is 67.9 cm³/mol. The summed E-state index contributed by atoms with van der Waals surface area (Å²) in [6.45, 7) is 0. The van der Waals surface area contributed by atoms with Gasteiger partial charge < -0.3 is 5.32 Å². The molecule has 2 aromatic rings. The van der Waals surface area contributed by atoms with E-state index < -0.39 is 16.9 Å². The normalized spacial score (nSPS) is 18.6. The van der Waals surface area contributed by atoms with E-state index in [1.54, 1.807) is 6.20 Å². The van der Waals surface area contributed by atoms with E-state index in [0.29, 0.717) is 16.9 Å². The van der Waals surface area contributed by atoms with Crippen LogP contribution in [0.3, 0.4) is 0 Å². The largest absolute Gasteiger partial charge is 0.310 e. The Morgan fingerprint density at radius 1 is 1.32 bits per heavy atom. The Balaban J connectivity index is 2.08. The van der Waals surface area contributed by atoms with Crippen LogP contribution in [0.25, 0.3) is 0 Å². The second-order valence-corrected chi connectivity index (χ2v) is 5.20. The standard InChI is InChI=1S/C12H9F2N3OS/c13-6-1-2-7(9(14)3-6)11-8-4-15-17-12(8)16-10(18)5-19-11/h1-4,11H,5H2,(H2,15,16,17,18)/t11-/m1/s1. The lowest BCUT2D eigenvalue weighted by atomic mass is 10.1. The number of benzene rings is 1. The summed E-state index contributed by atoms with van der Waals surface area (Å²) in [4.78, 5) is 11.5. The van der Waals surface area contributed by atoms with Gasteiger partial charge in [-0.05, 0) is 6.07 Å². The summed E-state index contributed by atoms with van der Waals surface area (Å²) in [5.41, 5.74) is 1.02. The molecular formula is C12H9F2N3OS. The molecule has 1 aromatic heterocycles. The molecule has 1 atom stereocenters. The molecule has 0 spiro atoms. The highest BCUT2D eigenvalue weighted by molar-refractivity contribution is 8.00. The van der Waals surface area contributed by atoms with Gasteiger partial charge in [-0.3, -0.25) is 9.89 Å². The van der Waals surface area contributed by atoms with Crippen molar-refractivity contribution in [1.29, 1.82) is 0 Å². The van der Waals surface area contributed by atoms with Crippen molar-refractivity contribution in [3.8, 4) is 0 Å². The van der Waals surface area contributed by atoms with E-state index >= 15 is 0 Å². The third kappa shape index (κ3) is 2.21. The van der Waals surface area contributed by atoms with Gasteiger partial charge in [0.15, 0.2) is 0 Å². The van der Waals surface area contributed by atoms with Crippen LogP contribution in [0.2, 0.25) is 0 Å². The Labute approximate surface area is 111 Å². The van der Waals surface area contributed by atoms with Crippen molar-refractivity contribution in [3.05, 3.63) is 47.2 Å². The number of thioether (sulfide) groups is 1. The first kappa shape index (κ1) is 12.2. The zero-order chi connectivity index (χ0) is 13.4. The van der Waals surface area contributed by atoms with E-state index in [0.717, 1.165) is 6.07 Å². The first-order chi connectivity index (χ1) is 9.15. The van der Waals surface area contributed by atoms with Crippen LogP contribution < -0.4 is 5.32 Å². The molecule has 98 valence electrons. The fourth-order valence-corrected chi connectivity index (χ4v) is 3.11.